The highest BCUT2D eigenvalue weighted by atomic mass is 32.2. The highest BCUT2D eigenvalue weighted by Crippen LogP contribution is 2.49. The van der Waals surface area contributed by atoms with Crippen LogP contribution in [0.25, 0.3) is 0 Å². The molecule has 1 aliphatic rings. The molecule has 0 aromatic carbocycles. The maximum absolute atomic E-state index is 11.4. The summed E-state index contributed by atoms with van der Waals surface area (Å²) >= 11 is 1.18. The van der Waals surface area contributed by atoms with Crippen LogP contribution in [0.15, 0.2) is 35.1 Å². The number of quaternary nitrogens is 1. The van der Waals surface area contributed by atoms with E-state index in [1.165, 1.54) is 32.1 Å². The Morgan fingerprint density at radius 3 is 2.79 bits per heavy atom. The summed E-state index contributed by atoms with van der Waals surface area (Å²) in [5, 5.41) is -0.169. The molecule has 0 saturated heterocycles. The summed E-state index contributed by atoms with van der Waals surface area (Å²) in [5.41, 5.74) is -1.15. The van der Waals surface area contributed by atoms with Gasteiger partial charge in [0.1, 0.15) is 12.7 Å². The van der Waals surface area contributed by atoms with Crippen molar-refractivity contribution in [3.8, 4) is 0 Å². The van der Waals surface area contributed by atoms with Crippen LogP contribution in [0, 0.1) is 0 Å². The Hall–Kier alpha value is -0.930. The van der Waals surface area contributed by atoms with Gasteiger partial charge in [-0.2, -0.15) is 0 Å². The number of hydroxylamine groups is 3. The maximum Gasteiger partial charge on any atom is 0.369 e. The zero-order valence-corrected chi connectivity index (χ0v) is 15.5. The van der Waals surface area contributed by atoms with E-state index in [0.29, 0.717) is 18.7 Å². The number of methoxy groups -OCH3 is 1. The fourth-order valence-electron chi connectivity index (χ4n) is 2.94. The lowest BCUT2D eigenvalue weighted by molar-refractivity contribution is -1.11. The molecule has 4 unspecified atom stereocenters. The van der Waals surface area contributed by atoms with E-state index in [0.717, 1.165) is 0 Å². The Kier molecular flexibility index (Phi) is 7.43. The van der Waals surface area contributed by atoms with Gasteiger partial charge in [-0.15, -0.1) is 9.27 Å². The SMILES string of the molecule is CC[N+]1(O[PH](=O)O)C=CC(SC(C)=O)CC1(OC)c1ccco1.[OH-]. The van der Waals surface area contributed by atoms with Crippen molar-refractivity contribution in [1.82, 2.24) is 0 Å². The predicted molar refractivity (Wildman–Crippen MR) is 88.3 cm³/mol. The number of hydrogen-bond donors (Lipinski definition) is 1. The van der Waals surface area contributed by atoms with Gasteiger partial charge >= 0.3 is 8.25 Å². The molecule has 8 nitrogen and oxygen atoms in total. The Balaban J connectivity index is 0.00000288. The van der Waals surface area contributed by atoms with Crippen LogP contribution in [0.5, 0.6) is 0 Å². The van der Waals surface area contributed by atoms with E-state index in [-0.39, 0.29) is 20.5 Å². The lowest BCUT2D eigenvalue weighted by atomic mass is 9.97. The molecular weight excluding hydrogens is 357 g/mol. The second kappa shape index (κ2) is 8.44. The average molecular weight is 379 g/mol. The maximum atomic E-state index is 11.4. The fourth-order valence-corrected chi connectivity index (χ4v) is 4.44. The van der Waals surface area contributed by atoms with Gasteiger partial charge in [-0.1, -0.05) is 11.8 Å². The molecule has 2 heterocycles. The summed E-state index contributed by atoms with van der Waals surface area (Å²) in [6.45, 7) is 3.67. The van der Waals surface area contributed by atoms with Crippen molar-refractivity contribution < 1.29 is 38.2 Å². The molecule has 0 saturated carbocycles. The number of furan rings is 1. The van der Waals surface area contributed by atoms with Crippen molar-refractivity contribution >= 4 is 25.1 Å². The van der Waals surface area contributed by atoms with Crippen molar-refractivity contribution in [2.45, 2.75) is 31.2 Å². The summed E-state index contributed by atoms with van der Waals surface area (Å²) in [4.78, 5) is 20.8. The van der Waals surface area contributed by atoms with Crippen LogP contribution in [-0.4, -0.2) is 39.0 Å². The molecule has 2 rings (SSSR count). The summed E-state index contributed by atoms with van der Waals surface area (Å²) in [5.74, 6) is 0.476. The molecule has 0 fully saturated rings. The zero-order chi connectivity index (χ0) is 17.1. The van der Waals surface area contributed by atoms with Crippen LogP contribution in [-0.2, 0) is 24.4 Å². The van der Waals surface area contributed by atoms with Crippen LogP contribution in [0.3, 0.4) is 0 Å². The Bertz CT molecular complexity index is 608. The van der Waals surface area contributed by atoms with Gasteiger partial charge in [-0.05, 0) is 25.1 Å². The van der Waals surface area contributed by atoms with Gasteiger partial charge in [0.05, 0.1) is 12.7 Å². The van der Waals surface area contributed by atoms with Crippen LogP contribution < -0.4 is 0 Å². The van der Waals surface area contributed by atoms with Crippen molar-refractivity contribution in [2.24, 2.45) is 0 Å². The van der Waals surface area contributed by atoms with Crippen LogP contribution in [0.4, 0.5) is 0 Å². The topological polar surface area (TPSA) is 116 Å². The molecule has 1 aliphatic heterocycles. The number of carbonyl (C=O) groups excluding carboxylic acids is 1. The molecule has 1 aromatic heterocycles. The van der Waals surface area contributed by atoms with Crippen molar-refractivity contribution in [2.75, 3.05) is 13.7 Å². The fraction of sp³-hybridized carbons (Fsp3) is 0.500. The monoisotopic (exact) mass is 379 g/mol. The smallest absolute Gasteiger partial charge is 0.369 e. The number of ether oxygens (including phenoxy) is 1. The number of nitrogens with zero attached hydrogens (tertiary/aromatic N) is 1. The molecule has 0 radical (unpaired) electrons. The first-order valence-corrected chi connectivity index (χ1v) is 9.29. The minimum atomic E-state index is -3.24. The van der Waals surface area contributed by atoms with Crippen molar-refractivity contribution in [1.29, 1.82) is 0 Å². The minimum Gasteiger partial charge on any atom is -0.870 e. The summed E-state index contributed by atoms with van der Waals surface area (Å²) < 4.78 is 27.8. The molecular formula is C14H22NO7PS. The van der Waals surface area contributed by atoms with Crippen LogP contribution in [0.1, 0.15) is 26.0 Å². The van der Waals surface area contributed by atoms with E-state index in [1.807, 2.05) is 6.92 Å². The molecule has 10 heteroatoms. The predicted octanol–water partition coefficient (Wildman–Crippen LogP) is 2.62. The third-order valence-corrected chi connectivity index (χ3v) is 5.34. The first kappa shape index (κ1) is 21.1. The summed E-state index contributed by atoms with van der Waals surface area (Å²) in [6.07, 6.45) is 5.34. The Labute approximate surface area is 145 Å². The van der Waals surface area contributed by atoms with Gasteiger partial charge in [0.15, 0.2) is 10.9 Å². The third kappa shape index (κ3) is 3.83. The largest absolute Gasteiger partial charge is 0.870 e. The zero-order valence-electron chi connectivity index (χ0n) is 13.7. The van der Waals surface area contributed by atoms with Crippen molar-refractivity contribution in [3.05, 3.63) is 36.4 Å². The highest BCUT2D eigenvalue weighted by molar-refractivity contribution is 8.14. The average Bonchev–Trinajstić information content (AvgIpc) is 3.02. The number of thioether (sulfide) groups is 1. The molecule has 2 N–H and O–H groups in total. The molecule has 136 valence electrons. The summed E-state index contributed by atoms with van der Waals surface area (Å²) in [7, 11) is -1.74. The molecule has 4 atom stereocenters. The first-order valence-electron chi connectivity index (χ1n) is 7.15. The third-order valence-electron chi connectivity index (χ3n) is 3.90. The normalized spacial score (nSPS) is 30.6. The molecule has 1 aromatic rings. The van der Waals surface area contributed by atoms with Crippen LogP contribution in [0.2, 0.25) is 0 Å². The summed E-state index contributed by atoms with van der Waals surface area (Å²) in [6, 6.07) is 3.45. The quantitative estimate of drug-likeness (QED) is 0.592. The Morgan fingerprint density at radius 2 is 2.33 bits per heavy atom. The van der Waals surface area contributed by atoms with Crippen molar-refractivity contribution in [3.63, 3.8) is 0 Å². The number of hydrogen-bond acceptors (Lipinski definition) is 7. The van der Waals surface area contributed by atoms with Gasteiger partial charge in [0.2, 0.25) is 0 Å². The van der Waals surface area contributed by atoms with E-state index < -0.39 is 14.0 Å². The Morgan fingerprint density at radius 1 is 1.62 bits per heavy atom. The number of rotatable bonds is 6. The minimum absolute atomic E-state index is 0. The van der Waals surface area contributed by atoms with E-state index in [4.69, 9.17) is 13.8 Å². The molecule has 0 amide bonds. The van der Waals surface area contributed by atoms with E-state index in [1.54, 1.807) is 24.4 Å². The molecule has 24 heavy (non-hydrogen) atoms. The van der Waals surface area contributed by atoms with Gasteiger partial charge in [0, 0.05) is 19.3 Å². The second-order valence-electron chi connectivity index (χ2n) is 5.13. The molecule has 0 bridgehead atoms. The van der Waals surface area contributed by atoms with E-state index in [2.05, 4.69) is 0 Å². The van der Waals surface area contributed by atoms with E-state index in [9.17, 15) is 14.3 Å². The highest BCUT2D eigenvalue weighted by Gasteiger charge is 2.60. The van der Waals surface area contributed by atoms with Crippen LogP contribution >= 0.6 is 20.0 Å². The van der Waals surface area contributed by atoms with E-state index >= 15 is 0 Å². The standard InChI is InChI=1S/C14H20NO6PS.H2O/c1-4-15(21-22(17)18)8-7-12(23-11(2)16)10-14(15,19-3)13-6-5-9-20-13;/h5-9,12,22H,4,10H2,1-3H3;1H2. The molecule has 0 aliphatic carbocycles. The molecule has 0 spiro atoms. The van der Waals surface area contributed by atoms with Gasteiger partial charge < -0.3 is 19.5 Å². The van der Waals surface area contributed by atoms with Gasteiger partial charge in [-0.3, -0.25) is 9.36 Å². The van der Waals surface area contributed by atoms with Gasteiger partial charge in [0.25, 0.3) is 5.72 Å². The first-order chi connectivity index (χ1) is 10.9. The second-order valence-corrected chi connectivity index (χ2v) is 7.26. The number of carbonyl (C=O) groups is 1. The van der Waals surface area contributed by atoms with Gasteiger partial charge in [-0.25, -0.2) is 0 Å². The lowest BCUT2D eigenvalue weighted by Crippen LogP contribution is -2.61. The lowest BCUT2D eigenvalue weighted by Gasteiger charge is -2.47.